The third kappa shape index (κ3) is 4.23. The molecule has 0 saturated heterocycles. The predicted octanol–water partition coefficient (Wildman–Crippen LogP) is -0.730. The first-order chi connectivity index (χ1) is 6.36. The van der Waals surface area contributed by atoms with Gasteiger partial charge < -0.3 is 15.5 Å². The molecule has 0 spiro atoms. The molecular weight excluding hydrogens is 182 g/mol. The van der Waals surface area contributed by atoms with Gasteiger partial charge in [-0.3, -0.25) is 9.59 Å². The molecule has 0 rings (SSSR count). The van der Waals surface area contributed by atoms with Gasteiger partial charge in [0.05, 0.1) is 6.04 Å². The highest BCUT2D eigenvalue weighted by molar-refractivity contribution is 5.82. The van der Waals surface area contributed by atoms with E-state index in [1.165, 1.54) is 9.80 Å². The highest BCUT2D eigenvalue weighted by Gasteiger charge is 2.16. The zero-order valence-electron chi connectivity index (χ0n) is 9.28. The molecule has 0 radical (unpaired) electrons. The zero-order chi connectivity index (χ0) is 11.3. The normalized spacial score (nSPS) is 12.1. The van der Waals surface area contributed by atoms with E-state index in [0.717, 1.165) is 0 Å². The topological polar surface area (TPSA) is 66.6 Å². The summed E-state index contributed by atoms with van der Waals surface area (Å²) in [6, 6.07) is -0.575. The molecule has 82 valence electrons. The maximum Gasteiger partial charge on any atom is 0.238 e. The van der Waals surface area contributed by atoms with Crippen LogP contribution in [0.5, 0.6) is 0 Å². The Morgan fingerprint density at radius 3 is 2.00 bits per heavy atom. The van der Waals surface area contributed by atoms with E-state index in [-0.39, 0.29) is 11.8 Å². The van der Waals surface area contributed by atoms with Gasteiger partial charge in [0, 0.05) is 34.6 Å². The summed E-state index contributed by atoms with van der Waals surface area (Å²) in [6.45, 7) is 0. The van der Waals surface area contributed by atoms with Crippen molar-refractivity contribution in [1.29, 1.82) is 0 Å². The molecule has 14 heavy (non-hydrogen) atoms. The summed E-state index contributed by atoms with van der Waals surface area (Å²) in [7, 11) is 6.66. The van der Waals surface area contributed by atoms with Gasteiger partial charge in [-0.05, 0) is 6.42 Å². The van der Waals surface area contributed by atoms with Gasteiger partial charge in [-0.1, -0.05) is 0 Å². The Balaban J connectivity index is 3.91. The highest BCUT2D eigenvalue weighted by atomic mass is 16.2. The fourth-order valence-corrected chi connectivity index (χ4v) is 0.958. The van der Waals surface area contributed by atoms with Crippen LogP contribution in [0.1, 0.15) is 12.8 Å². The summed E-state index contributed by atoms with van der Waals surface area (Å²) in [4.78, 5) is 25.4. The van der Waals surface area contributed by atoms with Crippen molar-refractivity contribution in [3.8, 4) is 0 Å². The SMILES string of the molecule is CN(C)C(=O)CC[C@H](N)C(=O)N(C)C. The van der Waals surface area contributed by atoms with Crippen LogP contribution in [-0.4, -0.2) is 55.8 Å². The van der Waals surface area contributed by atoms with Crippen LogP contribution < -0.4 is 5.73 Å². The van der Waals surface area contributed by atoms with E-state index in [0.29, 0.717) is 12.8 Å². The monoisotopic (exact) mass is 201 g/mol. The van der Waals surface area contributed by atoms with Gasteiger partial charge in [-0.25, -0.2) is 0 Å². The number of likely N-dealkylation sites (N-methyl/N-ethyl adjacent to an activating group) is 1. The Kier molecular flexibility index (Phi) is 5.15. The van der Waals surface area contributed by atoms with Crippen LogP contribution in [0.25, 0.3) is 0 Å². The van der Waals surface area contributed by atoms with Crippen molar-refractivity contribution in [3.05, 3.63) is 0 Å². The van der Waals surface area contributed by atoms with Gasteiger partial charge in [0.1, 0.15) is 0 Å². The van der Waals surface area contributed by atoms with Crippen molar-refractivity contribution >= 4 is 11.8 Å². The lowest BCUT2D eigenvalue weighted by atomic mass is 10.1. The fraction of sp³-hybridized carbons (Fsp3) is 0.778. The number of carbonyl (C=O) groups excluding carboxylic acids is 2. The standard InChI is InChI=1S/C9H19N3O2/c1-11(2)8(13)6-5-7(10)9(14)12(3)4/h7H,5-6,10H2,1-4H3/t7-/m0/s1. The third-order valence-corrected chi connectivity index (χ3v) is 1.93. The first-order valence-corrected chi connectivity index (χ1v) is 4.53. The van der Waals surface area contributed by atoms with Crippen LogP contribution in [0, 0.1) is 0 Å². The number of hydrogen-bond donors (Lipinski definition) is 1. The van der Waals surface area contributed by atoms with Gasteiger partial charge in [0.25, 0.3) is 0 Å². The van der Waals surface area contributed by atoms with E-state index in [1.807, 2.05) is 0 Å². The summed E-state index contributed by atoms with van der Waals surface area (Å²) in [5.41, 5.74) is 5.60. The lowest BCUT2D eigenvalue weighted by Crippen LogP contribution is -2.40. The molecule has 0 heterocycles. The molecule has 0 aromatic heterocycles. The summed E-state index contributed by atoms with van der Waals surface area (Å²) in [5, 5.41) is 0. The Morgan fingerprint density at radius 2 is 1.64 bits per heavy atom. The molecule has 5 nitrogen and oxygen atoms in total. The lowest BCUT2D eigenvalue weighted by Gasteiger charge is -2.17. The number of carbonyl (C=O) groups is 2. The molecule has 2 N–H and O–H groups in total. The molecule has 0 saturated carbocycles. The van der Waals surface area contributed by atoms with E-state index in [2.05, 4.69) is 0 Å². The predicted molar refractivity (Wildman–Crippen MR) is 54.6 cm³/mol. The molecule has 1 atom stereocenters. The fourth-order valence-electron chi connectivity index (χ4n) is 0.958. The minimum Gasteiger partial charge on any atom is -0.349 e. The Morgan fingerprint density at radius 1 is 1.14 bits per heavy atom. The summed E-state index contributed by atoms with van der Waals surface area (Å²) in [5.74, 6) is -0.149. The summed E-state index contributed by atoms with van der Waals surface area (Å²) in [6.07, 6.45) is 0.710. The van der Waals surface area contributed by atoms with Crippen molar-refractivity contribution in [2.24, 2.45) is 5.73 Å². The van der Waals surface area contributed by atoms with Crippen LogP contribution in [0.4, 0.5) is 0 Å². The van der Waals surface area contributed by atoms with Crippen LogP contribution in [0.15, 0.2) is 0 Å². The molecule has 5 heteroatoms. The van der Waals surface area contributed by atoms with Crippen molar-refractivity contribution < 1.29 is 9.59 Å². The minimum atomic E-state index is -0.575. The third-order valence-electron chi connectivity index (χ3n) is 1.93. The first kappa shape index (κ1) is 12.9. The van der Waals surface area contributed by atoms with Crippen molar-refractivity contribution in [1.82, 2.24) is 9.80 Å². The van der Waals surface area contributed by atoms with Gasteiger partial charge in [-0.2, -0.15) is 0 Å². The van der Waals surface area contributed by atoms with E-state index in [9.17, 15) is 9.59 Å². The average molecular weight is 201 g/mol. The number of hydrogen-bond acceptors (Lipinski definition) is 3. The number of nitrogens with zero attached hydrogens (tertiary/aromatic N) is 2. The van der Waals surface area contributed by atoms with Gasteiger partial charge in [0.2, 0.25) is 11.8 Å². The molecular formula is C9H19N3O2. The van der Waals surface area contributed by atoms with Crippen LogP contribution in [-0.2, 0) is 9.59 Å². The number of nitrogens with two attached hydrogens (primary N) is 1. The zero-order valence-corrected chi connectivity index (χ0v) is 9.28. The number of rotatable bonds is 4. The van der Waals surface area contributed by atoms with E-state index >= 15 is 0 Å². The molecule has 0 aromatic carbocycles. The van der Waals surface area contributed by atoms with Crippen LogP contribution >= 0.6 is 0 Å². The van der Waals surface area contributed by atoms with E-state index < -0.39 is 6.04 Å². The van der Waals surface area contributed by atoms with Gasteiger partial charge in [-0.15, -0.1) is 0 Å². The quantitative estimate of drug-likeness (QED) is 0.652. The minimum absolute atomic E-state index is 0.00740. The second-order valence-corrected chi connectivity index (χ2v) is 3.67. The Hall–Kier alpha value is -1.10. The van der Waals surface area contributed by atoms with Gasteiger partial charge in [0.15, 0.2) is 0 Å². The molecule has 0 bridgehead atoms. The second kappa shape index (κ2) is 5.59. The average Bonchev–Trinajstić information content (AvgIpc) is 2.11. The molecule has 0 aliphatic rings. The molecule has 0 fully saturated rings. The molecule has 0 unspecified atom stereocenters. The van der Waals surface area contributed by atoms with E-state index in [4.69, 9.17) is 5.73 Å². The number of amides is 2. The Bertz CT molecular complexity index is 214. The van der Waals surface area contributed by atoms with Gasteiger partial charge >= 0.3 is 0 Å². The maximum atomic E-state index is 11.3. The van der Waals surface area contributed by atoms with Crippen LogP contribution in [0.3, 0.4) is 0 Å². The maximum absolute atomic E-state index is 11.3. The summed E-state index contributed by atoms with van der Waals surface area (Å²) < 4.78 is 0. The van der Waals surface area contributed by atoms with Crippen LogP contribution in [0.2, 0.25) is 0 Å². The highest BCUT2D eigenvalue weighted by Crippen LogP contribution is 1.99. The molecule has 2 amide bonds. The smallest absolute Gasteiger partial charge is 0.238 e. The summed E-state index contributed by atoms with van der Waals surface area (Å²) >= 11 is 0. The van der Waals surface area contributed by atoms with Crippen molar-refractivity contribution in [2.45, 2.75) is 18.9 Å². The first-order valence-electron chi connectivity index (χ1n) is 4.53. The van der Waals surface area contributed by atoms with E-state index in [1.54, 1.807) is 28.2 Å². The second-order valence-electron chi connectivity index (χ2n) is 3.67. The Labute approximate surface area is 84.8 Å². The van der Waals surface area contributed by atoms with Crippen molar-refractivity contribution in [3.63, 3.8) is 0 Å². The molecule has 0 aromatic rings. The lowest BCUT2D eigenvalue weighted by molar-refractivity contribution is -0.131. The molecule has 0 aliphatic heterocycles. The molecule has 0 aliphatic carbocycles. The largest absolute Gasteiger partial charge is 0.349 e. The van der Waals surface area contributed by atoms with Crippen molar-refractivity contribution in [2.75, 3.05) is 28.2 Å².